The second-order valence-electron chi connectivity index (χ2n) is 4.45. The van der Waals surface area contributed by atoms with Crippen molar-refractivity contribution in [2.24, 2.45) is 7.05 Å². The molecule has 5 nitrogen and oxygen atoms in total. The van der Waals surface area contributed by atoms with E-state index < -0.39 is 0 Å². The predicted molar refractivity (Wildman–Crippen MR) is 71.5 cm³/mol. The maximum Gasteiger partial charge on any atom is 0.138 e. The van der Waals surface area contributed by atoms with Gasteiger partial charge in [0.1, 0.15) is 5.82 Å². The van der Waals surface area contributed by atoms with Gasteiger partial charge in [0.2, 0.25) is 0 Å². The molecule has 1 fully saturated rings. The van der Waals surface area contributed by atoms with Crippen molar-refractivity contribution in [2.75, 3.05) is 31.1 Å². The van der Waals surface area contributed by atoms with Gasteiger partial charge in [-0.25, -0.2) is 4.98 Å². The number of nitrogens with one attached hydrogen (secondary N) is 1. The molecule has 0 bridgehead atoms. The van der Waals surface area contributed by atoms with Crippen molar-refractivity contribution in [3.63, 3.8) is 0 Å². The van der Waals surface area contributed by atoms with E-state index in [0.29, 0.717) is 0 Å². The molecule has 0 aliphatic carbocycles. The highest BCUT2D eigenvalue weighted by atomic mass is 15.3. The summed E-state index contributed by atoms with van der Waals surface area (Å²) < 4.78 is 1.89. The molecule has 1 aliphatic heterocycles. The molecule has 0 saturated carbocycles. The van der Waals surface area contributed by atoms with E-state index in [9.17, 15) is 0 Å². The molecule has 0 unspecified atom stereocenters. The summed E-state index contributed by atoms with van der Waals surface area (Å²) in [7, 11) is 1.96. The van der Waals surface area contributed by atoms with Crippen LogP contribution in [0.2, 0.25) is 0 Å². The lowest BCUT2D eigenvalue weighted by molar-refractivity contribution is 0.585. The van der Waals surface area contributed by atoms with Crippen LogP contribution in [0.25, 0.3) is 11.3 Å². The van der Waals surface area contributed by atoms with Crippen molar-refractivity contribution in [1.29, 1.82) is 0 Å². The lowest BCUT2D eigenvalue weighted by Crippen LogP contribution is -2.44. The van der Waals surface area contributed by atoms with Gasteiger partial charge in [-0.3, -0.25) is 4.68 Å². The largest absolute Gasteiger partial charge is 0.354 e. The average molecular weight is 243 g/mol. The number of anilines is 1. The van der Waals surface area contributed by atoms with Gasteiger partial charge < -0.3 is 10.2 Å². The van der Waals surface area contributed by atoms with E-state index in [2.05, 4.69) is 26.4 Å². The predicted octanol–water partition coefficient (Wildman–Crippen LogP) is 0.892. The van der Waals surface area contributed by atoms with Gasteiger partial charge >= 0.3 is 0 Å². The molecular formula is C13H17N5. The quantitative estimate of drug-likeness (QED) is 0.851. The molecule has 18 heavy (non-hydrogen) atoms. The van der Waals surface area contributed by atoms with Crippen molar-refractivity contribution in [3.05, 3.63) is 30.6 Å². The molecule has 2 aromatic rings. The van der Waals surface area contributed by atoms with Gasteiger partial charge in [0.05, 0.1) is 5.69 Å². The van der Waals surface area contributed by atoms with Crippen molar-refractivity contribution in [1.82, 2.24) is 20.1 Å². The second-order valence-corrected chi connectivity index (χ2v) is 4.45. The maximum absolute atomic E-state index is 4.56. The molecule has 1 aliphatic rings. The monoisotopic (exact) mass is 243 g/mol. The highest BCUT2D eigenvalue weighted by molar-refractivity contribution is 5.73. The molecular weight excluding hydrogens is 226 g/mol. The first-order valence-corrected chi connectivity index (χ1v) is 6.25. The number of nitrogens with zero attached hydrogens (tertiary/aromatic N) is 4. The van der Waals surface area contributed by atoms with E-state index >= 15 is 0 Å². The summed E-state index contributed by atoms with van der Waals surface area (Å²) in [6, 6.07) is 6.12. The van der Waals surface area contributed by atoms with Gasteiger partial charge in [0.25, 0.3) is 0 Å². The van der Waals surface area contributed by atoms with Crippen LogP contribution < -0.4 is 10.2 Å². The van der Waals surface area contributed by atoms with Crippen molar-refractivity contribution < 1.29 is 0 Å². The zero-order valence-corrected chi connectivity index (χ0v) is 10.5. The molecule has 3 heterocycles. The number of rotatable bonds is 2. The number of hydrogen-bond acceptors (Lipinski definition) is 4. The molecule has 0 aromatic carbocycles. The molecule has 2 aromatic heterocycles. The minimum absolute atomic E-state index is 1.00. The van der Waals surface area contributed by atoms with Crippen LogP contribution in [0.4, 0.5) is 5.82 Å². The van der Waals surface area contributed by atoms with E-state index in [-0.39, 0.29) is 0 Å². The van der Waals surface area contributed by atoms with Crippen molar-refractivity contribution in [3.8, 4) is 11.3 Å². The normalized spacial score (nSPS) is 15.9. The fourth-order valence-electron chi connectivity index (χ4n) is 2.36. The average Bonchev–Trinajstić information content (AvgIpc) is 2.86. The van der Waals surface area contributed by atoms with E-state index in [0.717, 1.165) is 43.3 Å². The van der Waals surface area contributed by atoms with Crippen LogP contribution in [0.1, 0.15) is 0 Å². The molecule has 3 rings (SSSR count). The van der Waals surface area contributed by atoms with E-state index in [1.165, 1.54) is 0 Å². The Hall–Kier alpha value is -1.88. The van der Waals surface area contributed by atoms with Crippen LogP contribution in [0.5, 0.6) is 0 Å². The Labute approximate surface area is 106 Å². The van der Waals surface area contributed by atoms with Crippen LogP contribution in [-0.4, -0.2) is 40.9 Å². The Morgan fingerprint density at radius 3 is 2.72 bits per heavy atom. The minimum atomic E-state index is 1.00. The molecule has 0 amide bonds. The molecule has 0 radical (unpaired) electrons. The maximum atomic E-state index is 4.56. The number of pyridine rings is 1. The van der Waals surface area contributed by atoms with E-state index in [1.54, 1.807) is 0 Å². The molecule has 1 N–H and O–H groups in total. The third-order valence-electron chi connectivity index (χ3n) is 3.30. The van der Waals surface area contributed by atoms with E-state index in [1.807, 2.05) is 36.3 Å². The second kappa shape index (κ2) is 4.78. The smallest absolute Gasteiger partial charge is 0.138 e. The van der Waals surface area contributed by atoms with Crippen LogP contribution >= 0.6 is 0 Å². The summed E-state index contributed by atoms with van der Waals surface area (Å²) in [5.74, 6) is 1.06. The molecule has 5 heteroatoms. The Morgan fingerprint density at radius 2 is 2.00 bits per heavy atom. The summed E-state index contributed by atoms with van der Waals surface area (Å²) in [6.07, 6.45) is 3.68. The molecule has 94 valence electrons. The summed E-state index contributed by atoms with van der Waals surface area (Å²) >= 11 is 0. The highest BCUT2D eigenvalue weighted by Crippen LogP contribution is 2.28. The van der Waals surface area contributed by atoms with Gasteiger partial charge in [0, 0.05) is 51.2 Å². The Balaban J connectivity index is 2.02. The van der Waals surface area contributed by atoms with Crippen molar-refractivity contribution >= 4 is 5.82 Å². The van der Waals surface area contributed by atoms with Gasteiger partial charge in [-0.1, -0.05) is 0 Å². The van der Waals surface area contributed by atoms with Crippen LogP contribution in [-0.2, 0) is 7.05 Å². The van der Waals surface area contributed by atoms with Gasteiger partial charge in [-0.05, 0) is 18.2 Å². The van der Waals surface area contributed by atoms with Crippen LogP contribution in [0.3, 0.4) is 0 Å². The topological polar surface area (TPSA) is 46.0 Å². The number of hydrogen-bond donors (Lipinski definition) is 1. The zero-order chi connectivity index (χ0) is 12.4. The third-order valence-corrected chi connectivity index (χ3v) is 3.30. The van der Waals surface area contributed by atoms with Gasteiger partial charge in [-0.2, -0.15) is 5.10 Å². The number of aromatic nitrogens is 3. The molecule has 0 spiro atoms. The van der Waals surface area contributed by atoms with Crippen molar-refractivity contribution in [2.45, 2.75) is 0 Å². The molecule has 0 atom stereocenters. The summed E-state index contributed by atoms with van der Waals surface area (Å²) in [5.41, 5.74) is 2.26. The first-order valence-electron chi connectivity index (χ1n) is 6.25. The Kier molecular flexibility index (Phi) is 2.98. The third kappa shape index (κ3) is 1.97. The lowest BCUT2D eigenvalue weighted by Gasteiger charge is -2.29. The first kappa shape index (κ1) is 11.2. The van der Waals surface area contributed by atoms with Crippen LogP contribution in [0, 0.1) is 0 Å². The number of piperazine rings is 1. The minimum Gasteiger partial charge on any atom is -0.354 e. The standard InChI is InChI=1S/C13H17N5/c1-17-12(4-6-16-17)11-3-2-5-15-13(11)18-9-7-14-8-10-18/h2-6,14H,7-10H2,1H3. The lowest BCUT2D eigenvalue weighted by atomic mass is 10.1. The Bertz CT molecular complexity index is 528. The first-order chi connectivity index (χ1) is 8.86. The number of aryl methyl sites for hydroxylation is 1. The summed E-state index contributed by atoms with van der Waals surface area (Å²) in [5, 5.41) is 7.60. The molecule has 1 saturated heterocycles. The fraction of sp³-hybridized carbons (Fsp3) is 0.385. The summed E-state index contributed by atoms with van der Waals surface area (Å²) in [4.78, 5) is 6.89. The van der Waals surface area contributed by atoms with Gasteiger partial charge in [0.15, 0.2) is 0 Å². The van der Waals surface area contributed by atoms with Gasteiger partial charge in [-0.15, -0.1) is 0 Å². The van der Waals surface area contributed by atoms with Crippen LogP contribution in [0.15, 0.2) is 30.6 Å². The van der Waals surface area contributed by atoms with E-state index in [4.69, 9.17) is 0 Å². The Morgan fingerprint density at radius 1 is 1.17 bits per heavy atom. The fourth-order valence-corrected chi connectivity index (χ4v) is 2.36. The zero-order valence-electron chi connectivity index (χ0n) is 10.5. The SMILES string of the molecule is Cn1nccc1-c1cccnc1N1CCNCC1. The highest BCUT2D eigenvalue weighted by Gasteiger charge is 2.17. The summed E-state index contributed by atoms with van der Waals surface area (Å²) in [6.45, 7) is 4.03.